The molecular weight excluding hydrogens is 299 g/mol. The fourth-order valence-electron chi connectivity index (χ4n) is 1.74. The van der Waals surface area contributed by atoms with Crippen LogP contribution in [0, 0.1) is 12.7 Å². The average molecular weight is 320 g/mol. The molecule has 1 rings (SSSR count). The van der Waals surface area contributed by atoms with Crippen LogP contribution in [-0.4, -0.2) is 48.9 Å². The summed E-state index contributed by atoms with van der Waals surface area (Å²) in [5.41, 5.74) is 0.0363. The van der Waals surface area contributed by atoms with Crippen molar-refractivity contribution in [3.8, 4) is 5.75 Å². The Morgan fingerprint density at radius 3 is 2.52 bits per heavy atom. The second-order valence-electron chi connectivity index (χ2n) is 4.35. The van der Waals surface area contributed by atoms with Gasteiger partial charge in [-0.25, -0.2) is 17.5 Å². The van der Waals surface area contributed by atoms with Crippen molar-refractivity contribution in [2.24, 2.45) is 0 Å². The van der Waals surface area contributed by atoms with Gasteiger partial charge in [0.15, 0.2) is 11.6 Å². The summed E-state index contributed by atoms with van der Waals surface area (Å²) in [7, 11) is -0.830. The number of nitrogens with one attached hydrogen (secondary N) is 2. The van der Waals surface area contributed by atoms with E-state index in [1.807, 2.05) is 0 Å². The van der Waals surface area contributed by atoms with Gasteiger partial charge in [-0.05, 0) is 19.1 Å². The highest BCUT2D eigenvalue weighted by molar-refractivity contribution is 7.89. The predicted molar refractivity (Wildman–Crippen MR) is 77.6 cm³/mol. The van der Waals surface area contributed by atoms with Crippen LogP contribution in [-0.2, 0) is 14.8 Å². The maximum absolute atomic E-state index is 13.9. The minimum absolute atomic E-state index is 0.0210. The Morgan fingerprint density at radius 2 is 1.90 bits per heavy atom. The van der Waals surface area contributed by atoms with E-state index in [2.05, 4.69) is 10.0 Å². The molecule has 0 amide bonds. The van der Waals surface area contributed by atoms with Crippen molar-refractivity contribution in [2.75, 3.05) is 40.5 Å². The number of hydrogen-bond acceptors (Lipinski definition) is 5. The topological polar surface area (TPSA) is 76.7 Å². The predicted octanol–water partition coefficient (Wildman–Crippen LogP) is 0.657. The molecule has 0 radical (unpaired) electrons. The maximum atomic E-state index is 13.9. The number of methoxy groups -OCH3 is 2. The SMILES string of the molecule is COCCNCCNS(=O)(=O)c1ccc(OC)c(F)c1C. The summed E-state index contributed by atoms with van der Waals surface area (Å²) in [5, 5.41) is 3.01. The van der Waals surface area contributed by atoms with Crippen molar-refractivity contribution < 1.29 is 22.3 Å². The Labute approximate surface area is 124 Å². The molecule has 2 N–H and O–H groups in total. The molecule has 0 atom stereocenters. The van der Waals surface area contributed by atoms with Crippen LogP contribution in [0.4, 0.5) is 4.39 Å². The van der Waals surface area contributed by atoms with Crippen molar-refractivity contribution in [1.82, 2.24) is 10.0 Å². The van der Waals surface area contributed by atoms with Crippen molar-refractivity contribution in [3.05, 3.63) is 23.5 Å². The average Bonchev–Trinajstić information content (AvgIpc) is 2.45. The first-order valence-corrected chi connectivity index (χ1v) is 7.94. The maximum Gasteiger partial charge on any atom is 0.240 e. The molecule has 6 nitrogen and oxygen atoms in total. The van der Waals surface area contributed by atoms with Crippen LogP contribution in [0.1, 0.15) is 5.56 Å². The first-order chi connectivity index (χ1) is 9.94. The number of rotatable bonds is 9. The summed E-state index contributed by atoms with van der Waals surface area (Å²) in [6.07, 6.45) is 0. The minimum atomic E-state index is -3.75. The van der Waals surface area contributed by atoms with E-state index in [9.17, 15) is 12.8 Å². The van der Waals surface area contributed by atoms with E-state index >= 15 is 0 Å². The fourth-order valence-corrected chi connectivity index (χ4v) is 3.01. The van der Waals surface area contributed by atoms with E-state index in [4.69, 9.17) is 9.47 Å². The van der Waals surface area contributed by atoms with Crippen LogP contribution in [0.5, 0.6) is 5.75 Å². The van der Waals surface area contributed by atoms with Crippen LogP contribution in [0.3, 0.4) is 0 Å². The molecule has 0 unspecified atom stereocenters. The molecule has 0 saturated carbocycles. The molecule has 21 heavy (non-hydrogen) atoms. The van der Waals surface area contributed by atoms with Gasteiger partial charge < -0.3 is 14.8 Å². The molecular formula is C13H21FN2O4S. The monoisotopic (exact) mass is 320 g/mol. The number of hydrogen-bond donors (Lipinski definition) is 2. The van der Waals surface area contributed by atoms with Crippen LogP contribution >= 0.6 is 0 Å². The number of benzene rings is 1. The van der Waals surface area contributed by atoms with E-state index < -0.39 is 15.8 Å². The Balaban J connectivity index is 2.69. The molecule has 0 heterocycles. The zero-order valence-corrected chi connectivity index (χ0v) is 13.2. The summed E-state index contributed by atoms with van der Waals surface area (Å²) in [4.78, 5) is -0.0855. The van der Waals surface area contributed by atoms with E-state index in [0.717, 1.165) is 0 Å². The highest BCUT2D eigenvalue weighted by atomic mass is 32.2. The molecule has 8 heteroatoms. The van der Waals surface area contributed by atoms with Crippen molar-refractivity contribution in [2.45, 2.75) is 11.8 Å². The Bertz CT molecular complexity index is 564. The van der Waals surface area contributed by atoms with Crippen LogP contribution in [0.15, 0.2) is 17.0 Å². The smallest absolute Gasteiger partial charge is 0.240 e. The Hall–Kier alpha value is -1.22. The first kappa shape index (κ1) is 17.8. The molecule has 1 aromatic carbocycles. The largest absolute Gasteiger partial charge is 0.494 e. The fraction of sp³-hybridized carbons (Fsp3) is 0.538. The van der Waals surface area contributed by atoms with Gasteiger partial charge in [0.05, 0.1) is 18.6 Å². The third kappa shape index (κ3) is 4.92. The lowest BCUT2D eigenvalue weighted by Gasteiger charge is -2.12. The number of sulfonamides is 1. The second kappa shape index (κ2) is 8.28. The lowest BCUT2D eigenvalue weighted by Crippen LogP contribution is -2.33. The van der Waals surface area contributed by atoms with E-state index in [0.29, 0.717) is 19.7 Å². The molecule has 0 spiro atoms. The second-order valence-corrected chi connectivity index (χ2v) is 6.08. The normalized spacial score (nSPS) is 11.6. The summed E-state index contributed by atoms with van der Waals surface area (Å²) < 4.78 is 50.2. The van der Waals surface area contributed by atoms with Gasteiger partial charge in [-0.1, -0.05) is 0 Å². The Morgan fingerprint density at radius 1 is 1.19 bits per heavy atom. The van der Waals surface area contributed by atoms with Gasteiger partial charge in [0.2, 0.25) is 10.0 Å². The van der Waals surface area contributed by atoms with Gasteiger partial charge in [-0.3, -0.25) is 0 Å². The number of halogens is 1. The molecule has 0 aliphatic rings. The molecule has 0 bridgehead atoms. The van der Waals surface area contributed by atoms with Crippen LogP contribution in [0.25, 0.3) is 0 Å². The molecule has 0 fully saturated rings. The van der Waals surface area contributed by atoms with E-state index in [-0.39, 0.29) is 22.8 Å². The summed E-state index contributed by atoms with van der Waals surface area (Å²) in [6, 6.07) is 2.63. The van der Waals surface area contributed by atoms with Gasteiger partial charge >= 0.3 is 0 Å². The molecule has 1 aromatic rings. The molecule has 0 saturated heterocycles. The zero-order valence-electron chi connectivity index (χ0n) is 12.4. The first-order valence-electron chi connectivity index (χ1n) is 6.46. The molecule has 0 aromatic heterocycles. The molecule has 120 valence electrons. The van der Waals surface area contributed by atoms with Crippen molar-refractivity contribution in [3.63, 3.8) is 0 Å². The van der Waals surface area contributed by atoms with Crippen molar-refractivity contribution >= 4 is 10.0 Å². The summed E-state index contributed by atoms with van der Waals surface area (Å²) >= 11 is 0. The van der Waals surface area contributed by atoms with Gasteiger partial charge in [-0.2, -0.15) is 0 Å². The third-order valence-electron chi connectivity index (χ3n) is 2.89. The molecule has 0 aliphatic carbocycles. The number of ether oxygens (including phenoxy) is 2. The third-order valence-corrected chi connectivity index (χ3v) is 4.49. The van der Waals surface area contributed by atoms with Crippen LogP contribution in [0.2, 0.25) is 0 Å². The van der Waals surface area contributed by atoms with Gasteiger partial charge in [0, 0.05) is 32.3 Å². The van der Waals surface area contributed by atoms with Crippen molar-refractivity contribution in [1.29, 1.82) is 0 Å². The lowest BCUT2D eigenvalue weighted by atomic mass is 10.2. The standard InChI is InChI=1S/C13H21FN2O4S/c1-10-12(5-4-11(20-3)13(10)14)21(17,18)16-7-6-15-8-9-19-2/h4-5,15-16H,6-9H2,1-3H3. The van der Waals surface area contributed by atoms with E-state index in [1.165, 1.54) is 26.2 Å². The van der Waals surface area contributed by atoms with Gasteiger partial charge in [-0.15, -0.1) is 0 Å². The summed E-state index contributed by atoms with van der Waals surface area (Å²) in [6.45, 7) is 3.26. The summed E-state index contributed by atoms with van der Waals surface area (Å²) in [5.74, 6) is -0.647. The molecule has 0 aliphatic heterocycles. The Kier molecular flexibility index (Phi) is 7.03. The van der Waals surface area contributed by atoms with E-state index in [1.54, 1.807) is 7.11 Å². The lowest BCUT2D eigenvalue weighted by molar-refractivity contribution is 0.199. The highest BCUT2D eigenvalue weighted by Gasteiger charge is 2.20. The van der Waals surface area contributed by atoms with Gasteiger partial charge in [0.1, 0.15) is 0 Å². The highest BCUT2D eigenvalue weighted by Crippen LogP contribution is 2.25. The quantitative estimate of drug-likeness (QED) is 0.654. The van der Waals surface area contributed by atoms with Gasteiger partial charge in [0.25, 0.3) is 0 Å². The van der Waals surface area contributed by atoms with Crippen LogP contribution < -0.4 is 14.8 Å². The zero-order chi connectivity index (χ0) is 15.9. The minimum Gasteiger partial charge on any atom is -0.494 e.